The number of hydrogen-bond donors (Lipinski definition) is 2. The van der Waals surface area contributed by atoms with Gasteiger partial charge in [0.15, 0.2) is 0 Å². The van der Waals surface area contributed by atoms with Gasteiger partial charge in [-0.3, -0.25) is 0 Å². The fourth-order valence-corrected chi connectivity index (χ4v) is 4.67. The molecule has 4 aromatic rings. The standard InChI is InChI=1S/C26H25BrN2O3/c1-30-20-8-9-23-22(14-20)21-11-12-28-25(26(21)29-23)16-3-10-24(31-2)17(13-16)15-32-19-6-4-18(27)5-7-19/h3-10,13-14,25,28-29H,11-12,15H2,1-2H3/t25-/m1/s1. The van der Waals surface area contributed by atoms with E-state index in [9.17, 15) is 0 Å². The minimum absolute atomic E-state index is 0.0782. The second-order valence-electron chi connectivity index (χ2n) is 7.88. The number of hydrogen-bond acceptors (Lipinski definition) is 4. The van der Waals surface area contributed by atoms with Gasteiger partial charge in [0.2, 0.25) is 0 Å². The minimum atomic E-state index is 0.0782. The number of rotatable bonds is 6. The van der Waals surface area contributed by atoms with Gasteiger partial charge in [-0.2, -0.15) is 0 Å². The first-order valence-electron chi connectivity index (χ1n) is 10.6. The first kappa shape index (κ1) is 20.9. The topological polar surface area (TPSA) is 55.5 Å². The maximum absolute atomic E-state index is 6.03. The molecule has 3 aromatic carbocycles. The SMILES string of the molecule is COc1ccc2[nH]c3c(c2c1)CCN[C@@H]3c1ccc(OC)c(COc2ccc(Br)cc2)c1. The number of H-pyrrole nitrogens is 1. The van der Waals surface area contributed by atoms with Crippen molar-refractivity contribution in [3.8, 4) is 17.2 Å². The van der Waals surface area contributed by atoms with Crippen molar-refractivity contribution in [1.82, 2.24) is 10.3 Å². The van der Waals surface area contributed by atoms with Gasteiger partial charge in [0.25, 0.3) is 0 Å². The number of benzene rings is 3. The summed E-state index contributed by atoms with van der Waals surface area (Å²) in [6.07, 6.45) is 0.981. The molecule has 2 N–H and O–H groups in total. The Kier molecular flexibility index (Phi) is 5.81. The van der Waals surface area contributed by atoms with Crippen LogP contribution in [0.15, 0.2) is 65.1 Å². The van der Waals surface area contributed by atoms with Gasteiger partial charge in [-0.15, -0.1) is 0 Å². The summed E-state index contributed by atoms with van der Waals surface area (Å²) in [7, 11) is 3.40. The van der Waals surface area contributed by atoms with E-state index in [0.29, 0.717) is 6.61 Å². The van der Waals surface area contributed by atoms with Crippen molar-refractivity contribution < 1.29 is 14.2 Å². The minimum Gasteiger partial charge on any atom is -0.497 e. The van der Waals surface area contributed by atoms with Gasteiger partial charge in [-0.1, -0.05) is 22.0 Å². The Bertz CT molecular complexity index is 1250. The van der Waals surface area contributed by atoms with Gasteiger partial charge >= 0.3 is 0 Å². The summed E-state index contributed by atoms with van der Waals surface area (Å²) in [5.41, 5.74) is 5.90. The Hall–Kier alpha value is -2.96. The van der Waals surface area contributed by atoms with E-state index in [0.717, 1.165) is 45.8 Å². The molecule has 1 aliphatic heterocycles. The Balaban J connectivity index is 1.47. The lowest BCUT2D eigenvalue weighted by Gasteiger charge is -2.25. The second kappa shape index (κ2) is 8.88. The fourth-order valence-electron chi connectivity index (χ4n) is 4.40. The van der Waals surface area contributed by atoms with E-state index in [1.54, 1.807) is 14.2 Å². The highest BCUT2D eigenvalue weighted by atomic mass is 79.9. The van der Waals surface area contributed by atoms with Crippen LogP contribution in [-0.4, -0.2) is 25.7 Å². The predicted molar refractivity (Wildman–Crippen MR) is 130 cm³/mol. The van der Waals surface area contributed by atoms with Crippen LogP contribution < -0.4 is 19.5 Å². The lowest BCUT2D eigenvalue weighted by Crippen LogP contribution is -2.30. The molecule has 0 radical (unpaired) electrons. The molecule has 2 heterocycles. The highest BCUT2D eigenvalue weighted by Crippen LogP contribution is 2.36. The van der Waals surface area contributed by atoms with E-state index in [1.165, 1.54) is 22.2 Å². The normalized spacial score (nSPS) is 15.4. The summed E-state index contributed by atoms with van der Waals surface area (Å²) in [6, 6.07) is 20.5. The first-order chi connectivity index (χ1) is 15.7. The van der Waals surface area contributed by atoms with E-state index in [4.69, 9.17) is 14.2 Å². The van der Waals surface area contributed by atoms with Gasteiger partial charge < -0.3 is 24.5 Å². The zero-order valence-corrected chi connectivity index (χ0v) is 19.7. The Morgan fingerprint density at radius 1 is 0.938 bits per heavy atom. The van der Waals surface area contributed by atoms with E-state index in [-0.39, 0.29) is 6.04 Å². The van der Waals surface area contributed by atoms with Crippen molar-refractivity contribution in [1.29, 1.82) is 0 Å². The van der Waals surface area contributed by atoms with Gasteiger partial charge in [0.05, 0.1) is 20.3 Å². The molecule has 0 bridgehead atoms. The van der Waals surface area contributed by atoms with Crippen LogP contribution in [-0.2, 0) is 13.0 Å². The van der Waals surface area contributed by atoms with E-state index >= 15 is 0 Å². The first-order valence-corrected chi connectivity index (χ1v) is 11.4. The summed E-state index contributed by atoms with van der Waals surface area (Å²) in [4.78, 5) is 3.64. The van der Waals surface area contributed by atoms with Gasteiger partial charge in [0.1, 0.15) is 23.9 Å². The van der Waals surface area contributed by atoms with Crippen molar-refractivity contribution >= 4 is 26.8 Å². The summed E-state index contributed by atoms with van der Waals surface area (Å²) in [5.74, 6) is 2.53. The van der Waals surface area contributed by atoms with Gasteiger partial charge in [0, 0.05) is 33.2 Å². The second-order valence-corrected chi connectivity index (χ2v) is 8.80. The number of ether oxygens (including phenoxy) is 3. The van der Waals surface area contributed by atoms with Crippen molar-refractivity contribution in [2.45, 2.75) is 19.1 Å². The third-order valence-electron chi connectivity index (χ3n) is 6.00. The van der Waals surface area contributed by atoms with Gasteiger partial charge in [-0.25, -0.2) is 0 Å². The molecule has 0 spiro atoms. The number of aromatic amines is 1. The molecule has 0 amide bonds. The maximum Gasteiger partial charge on any atom is 0.125 e. The molecule has 1 atom stereocenters. The Morgan fingerprint density at radius 3 is 2.53 bits per heavy atom. The number of nitrogens with one attached hydrogen (secondary N) is 2. The van der Waals surface area contributed by atoms with Crippen LogP contribution in [0.5, 0.6) is 17.2 Å². The van der Waals surface area contributed by atoms with Crippen LogP contribution in [0.2, 0.25) is 0 Å². The summed E-state index contributed by atoms with van der Waals surface area (Å²) >= 11 is 3.46. The smallest absolute Gasteiger partial charge is 0.125 e. The molecule has 5 nitrogen and oxygen atoms in total. The van der Waals surface area contributed by atoms with Crippen molar-refractivity contribution in [3.63, 3.8) is 0 Å². The largest absolute Gasteiger partial charge is 0.497 e. The number of fused-ring (bicyclic) bond motifs is 3. The van der Waals surface area contributed by atoms with Crippen molar-refractivity contribution in [2.75, 3.05) is 20.8 Å². The Morgan fingerprint density at radius 2 is 1.75 bits per heavy atom. The molecular weight excluding hydrogens is 468 g/mol. The van der Waals surface area contributed by atoms with Crippen LogP contribution in [0.3, 0.4) is 0 Å². The molecule has 6 heteroatoms. The molecule has 32 heavy (non-hydrogen) atoms. The zero-order chi connectivity index (χ0) is 22.1. The third kappa shape index (κ3) is 3.96. The molecule has 164 valence electrons. The van der Waals surface area contributed by atoms with E-state index < -0.39 is 0 Å². The molecule has 0 saturated carbocycles. The molecule has 5 rings (SSSR count). The average molecular weight is 493 g/mol. The summed E-state index contributed by atoms with van der Waals surface area (Å²) < 4.78 is 18.1. The van der Waals surface area contributed by atoms with Crippen LogP contribution >= 0.6 is 15.9 Å². The Labute approximate surface area is 195 Å². The van der Waals surface area contributed by atoms with Crippen molar-refractivity contribution in [2.24, 2.45) is 0 Å². The van der Waals surface area contributed by atoms with Crippen LogP contribution in [0.1, 0.15) is 28.4 Å². The van der Waals surface area contributed by atoms with Crippen molar-refractivity contribution in [3.05, 3.63) is 87.5 Å². The summed E-state index contributed by atoms with van der Waals surface area (Å²) in [5, 5.41) is 4.91. The predicted octanol–water partition coefficient (Wildman–Crippen LogP) is 5.76. The number of methoxy groups -OCH3 is 2. The lowest BCUT2D eigenvalue weighted by atomic mass is 9.93. The number of halogens is 1. The number of aromatic nitrogens is 1. The molecular formula is C26H25BrN2O3. The molecule has 1 aromatic heterocycles. The zero-order valence-electron chi connectivity index (χ0n) is 18.1. The highest BCUT2D eigenvalue weighted by molar-refractivity contribution is 9.10. The van der Waals surface area contributed by atoms with Crippen LogP contribution in [0.4, 0.5) is 0 Å². The molecule has 0 aliphatic carbocycles. The fraction of sp³-hybridized carbons (Fsp3) is 0.231. The van der Waals surface area contributed by atoms with Gasteiger partial charge in [-0.05, 0) is 72.1 Å². The highest BCUT2D eigenvalue weighted by Gasteiger charge is 2.26. The molecule has 1 aliphatic rings. The van der Waals surface area contributed by atoms with E-state index in [1.807, 2.05) is 36.4 Å². The third-order valence-corrected chi connectivity index (χ3v) is 6.53. The average Bonchev–Trinajstić information content (AvgIpc) is 3.21. The van der Waals surface area contributed by atoms with E-state index in [2.05, 4.69) is 50.5 Å². The molecule has 0 unspecified atom stereocenters. The molecule has 0 saturated heterocycles. The lowest BCUT2D eigenvalue weighted by molar-refractivity contribution is 0.296. The molecule has 0 fully saturated rings. The quantitative estimate of drug-likeness (QED) is 0.359. The summed E-state index contributed by atoms with van der Waals surface area (Å²) in [6.45, 7) is 1.35. The van der Waals surface area contributed by atoms with Crippen LogP contribution in [0.25, 0.3) is 10.9 Å². The van der Waals surface area contributed by atoms with Crippen LogP contribution in [0, 0.1) is 0 Å². The monoisotopic (exact) mass is 492 g/mol. The maximum atomic E-state index is 6.03.